The average molecular weight is 209 g/mol. The third-order valence-corrected chi connectivity index (χ3v) is 2.13. The maximum atomic E-state index is 11.3. The summed E-state index contributed by atoms with van der Waals surface area (Å²) < 4.78 is 4.56. The van der Waals surface area contributed by atoms with Gasteiger partial charge in [-0.15, -0.1) is 0 Å². The number of ether oxygens (including phenoxy) is 1. The molecule has 0 saturated heterocycles. The molecule has 0 heterocycles. The van der Waals surface area contributed by atoms with Gasteiger partial charge in [-0.3, -0.25) is 0 Å². The average Bonchev–Trinajstić information content (AvgIpc) is 2.27. The summed E-state index contributed by atoms with van der Waals surface area (Å²) in [6.45, 7) is 0.825. The van der Waals surface area contributed by atoms with Crippen LogP contribution >= 0.6 is 0 Å². The number of esters is 1. The van der Waals surface area contributed by atoms with Gasteiger partial charge in [0, 0.05) is 0 Å². The van der Waals surface area contributed by atoms with E-state index in [-0.39, 0.29) is 11.3 Å². The minimum absolute atomic E-state index is 0.0462. The Morgan fingerprint density at radius 1 is 1.53 bits per heavy atom. The molecule has 1 rings (SSSR count). The number of phenolic OH excluding ortho intramolecular Hbond substituents is 1. The van der Waals surface area contributed by atoms with Crippen LogP contribution in [0.15, 0.2) is 18.2 Å². The summed E-state index contributed by atoms with van der Waals surface area (Å²) in [6, 6.07) is 4.95. The summed E-state index contributed by atoms with van der Waals surface area (Å²) in [7, 11) is 3.16. The summed E-state index contributed by atoms with van der Waals surface area (Å²) in [4.78, 5) is 11.3. The van der Waals surface area contributed by atoms with Crippen LogP contribution < -0.4 is 5.32 Å². The quantitative estimate of drug-likeness (QED) is 0.725. The first-order valence-electron chi connectivity index (χ1n) is 4.74. The van der Waals surface area contributed by atoms with Gasteiger partial charge in [0.05, 0.1) is 7.11 Å². The number of nitrogens with one attached hydrogen (secondary N) is 1. The number of phenols is 1. The van der Waals surface area contributed by atoms with Gasteiger partial charge in [-0.25, -0.2) is 4.79 Å². The van der Waals surface area contributed by atoms with Crippen LogP contribution in [0, 0.1) is 0 Å². The van der Waals surface area contributed by atoms with E-state index in [1.54, 1.807) is 12.1 Å². The molecule has 0 aliphatic rings. The SMILES string of the molecule is CNCCc1ccc(O)c(C(=O)OC)c1. The van der Waals surface area contributed by atoms with E-state index < -0.39 is 5.97 Å². The molecule has 0 aliphatic carbocycles. The Morgan fingerprint density at radius 3 is 2.87 bits per heavy atom. The van der Waals surface area contributed by atoms with Gasteiger partial charge in [-0.2, -0.15) is 0 Å². The van der Waals surface area contributed by atoms with Crippen LogP contribution in [0.5, 0.6) is 5.75 Å². The second-order valence-corrected chi connectivity index (χ2v) is 3.20. The fraction of sp³-hybridized carbons (Fsp3) is 0.364. The molecule has 0 aromatic heterocycles. The normalized spacial score (nSPS) is 10.0. The van der Waals surface area contributed by atoms with E-state index in [1.807, 2.05) is 7.05 Å². The number of benzene rings is 1. The van der Waals surface area contributed by atoms with E-state index in [0.717, 1.165) is 18.5 Å². The highest BCUT2D eigenvalue weighted by molar-refractivity contribution is 5.92. The summed E-state index contributed by atoms with van der Waals surface area (Å²) in [5.41, 5.74) is 1.20. The van der Waals surface area contributed by atoms with E-state index in [2.05, 4.69) is 10.1 Å². The maximum absolute atomic E-state index is 11.3. The number of hydrogen-bond donors (Lipinski definition) is 2. The minimum atomic E-state index is -0.515. The second-order valence-electron chi connectivity index (χ2n) is 3.20. The Morgan fingerprint density at radius 2 is 2.27 bits per heavy atom. The predicted octanol–water partition coefficient (Wildman–Crippen LogP) is 0.941. The van der Waals surface area contributed by atoms with Crippen molar-refractivity contribution in [2.75, 3.05) is 20.7 Å². The van der Waals surface area contributed by atoms with Crippen molar-refractivity contribution in [2.45, 2.75) is 6.42 Å². The van der Waals surface area contributed by atoms with E-state index in [0.29, 0.717) is 0 Å². The summed E-state index contributed by atoms with van der Waals surface area (Å²) in [5, 5.41) is 12.5. The highest BCUT2D eigenvalue weighted by Gasteiger charge is 2.11. The Hall–Kier alpha value is -1.55. The van der Waals surface area contributed by atoms with Gasteiger partial charge in [0.15, 0.2) is 0 Å². The number of likely N-dealkylation sites (N-methyl/N-ethyl adjacent to an activating group) is 1. The molecular formula is C11H15NO3. The highest BCUT2D eigenvalue weighted by Crippen LogP contribution is 2.19. The van der Waals surface area contributed by atoms with E-state index in [4.69, 9.17) is 0 Å². The lowest BCUT2D eigenvalue weighted by Gasteiger charge is -2.05. The molecule has 0 atom stereocenters. The first-order valence-corrected chi connectivity index (χ1v) is 4.74. The molecule has 0 unspecified atom stereocenters. The molecule has 0 fully saturated rings. The molecule has 4 nitrogen and oxygen atoms in total. The number of carbonyl (C=O) groups excluding carboxylic acids is 1. The zero-order valence-corrected chi connectivity index (χ0v) is 8.91. The van der Waals surface area contributed by atoms with Gasteiger partial charge in [0.2, 0.25) is 0 Å². The number of aromatic hydroxyl groups is 1. The van der Waals surface area contributed by atoms with Gasteiger partial charge in [0.1, 0.15) is 11.3 Å². The summed E-state index contributed by atoms with van der Waals surface area (Å²) in [6.07, 6.45) is 0.806. The molecule has 1 aromatic rings. The van der Waals surface area contributed by atoms with Crippen LogP contribution in [0.3, 0.4) is 0 Å². The molecule has 0 spiro atoms. The molecule has 0 saturated carbocycles. The van der Waals surface area contributed by atoms with Gasteiger partial charge in [-0.05, 0) is 37.7 Å². The van der Waals surface area contributed by atoms with Gasteiger partial charge in [0.25, 0.3) is 0 Å². The number of rotatable bonds is 4. The molecule has 4 heteroatoms. The Labute approximate surface area is 88.9 Å². The Kier molecular flexibility index (Phi) is 4.12. The molecule has 0 bridgehead atoms. The van der Waals surface area contributed by atoms with Gasteiger partial charge in [-0.1, -0.05) is 6.07 Å². The fourth-order valence-electron chi connectivity index (χ4n) is 1.28. The second kappa shape index (κ2) is 5.36. The molecule has 15 heavy (non-hydrogen) atoms. The largest absolute Gasteiger partial charge is 0.507 e. The topological polar surface area (TPSA) is 58.6 Å². The van der Waals surface area contributed by atoms with Crippen molar-refractivity contribution in [3.8, 4) is 5.75 Å². The van der Waals surface area contributed by atoms with Crippen LogP contribution in [0.2, 0.25) is 0 Å². The third kappa shape index (κ3) is 2.95. The number of carbonyl (C=O) groups is 1. The summed E-state index contributed by atoms with van der Waals surface area (Å²) >= 11 is 0. The lowest BCUT2D eigenvalue weighted by atomic mass is 10.1. The predicted molar refractivity (Wildman–Crippen MR) is 57.1 cm³/mol. The van der Waals surface area contributed by atoms with Crippen molar-refractivity contribution in [3.05, 3.63) is 29.3 Å². The van der Waals surface area contributed by atoms with E-state index in [9.17, 15) is 9.90 Å². The van der Waals surface area contributed by atoms with Crippen molar-refractivity contribution in [1.82, 2.24) is 5.32 Å². The van der Waals surface area contributed by atoms with Crippen LogP contribution in [0.25, 0.3) is 0 Å². The van der Waals surface area contributed by atoms with Crippen molar-refractivity contribution in [3.63, 3.8) is 0 Å². The molecule has 0 radical (unpaired) electrons. The Bertz CT molecular complexity index is 350. The lowest BCUT2D eigenvalue weighted by molar-refractivity contribution is 0.0597. The van der Waals surface area contributed by atoms with E-state index >= 15 is 0 Å². The van der Waals surface area contributed by atoms with Gasteiger partial charge >= 0.3 is 5.97 Å². The van der Waals surface area contributed by atoms with Crippen LogP contribution in [-0.4, -0.2) is 31.8 Å². The Balaban J connectivity index is 2.89. The molecule has 0 amide bonds. The standard InChI is InChI=1S/C11H15NO3/c1-12-6-5-8-3-4-10(13)9(7-8)11(14)15-2/h3-4,7,12-13H,5-6H2,1-2H3. The highest BCUT2D eigenvalue weighted by atomic mass is 16.5. The van der Waals surface area contributed by atoms with Crippen molar-refractivity contribution in [2.24, 2.45) is 0 Å². The fourth-order valence-corrected chi connectivity index (χ4v) is 1.28. The van der Waals surface area contributed by atoms with E-state index in [1.165, 1.54) is 13.2 Å². The van der Waals surface area contributed by atoms with Crippen molar-refractivity contribution >= 4 is 5.97 Å². The molecular weight excluding hydrogens is 194 g/mol. The maximum Gasteiger partial charge on any atom is 0.341 e. The van der Waals surface area contributed by atoms with Crippen molar-refractivity contribution in [1.29, 1.82) is 0 Å². The van der Waals surface area contributed by atoms with Crippen molar-refractivity contribution < 1.29 is 14.6 Å². The van der Waals surface area contributed by atoms with Crippen LogP contribution in [0.4, 0.5) is 0 Å². The monoisotopic (exact) mass is 209 g/mol. The third-order valence-electron chi connectivity index (χ3n) is 2.13. The van der Waals surface area contributed by atoms with Crippen LogP contribution in [0.1, 0.15) is 15.9 Å². The zero-order valence-electron chi connectivity index (χ0n) is 8.91. The zero-order chi connectivity index (χ0) is 11.3. The molecule has 0 aliphatic heterocycles. The smallest absolute Gasteiger partial charge is 0.341 e. The molecule has 82 valence electrons. The minimum Gasteiger partial charge on any atom is -0.507 e. The molecule has 1 aromatic carbocycles. The number of hydrogen-bond acceptors (Lipinski definition) is 4. The molecule has 2 N–H and O–H groups in total. The summed E-state index contributed by atoms with van der Waals surface area (Å²) in [5.74, 6) is -0.561. The van der Waals surface area contributed by atoms with Crippen LogP contribution in [-0.2, 0) is 11.2 Å². The first-order chi connectivity index (χ1) is 7.19. The first kappa shape index (κ1) is 11.5. The lowest BCUT2D eigenvalue weighted by Crippen LogP contribution is -2.11. The number of methoxy groups -OCH3 is 1. The van der Waals surface area contributed by atoms with Gasteiger partial charge < -0.3 is 15.2 Å².